The molecule has 0 aliphatic carbocycles. The number of fused-ring (bicyclic) bond motifs is 3. The van der Waals surface area contributed by atoms with Gasteiger partial charge in [0.15, 0.2) is 0 Å². The number of nitrogens with one attached hydrogen (secondary N) is 1. The fraction of sp³-hybridized carbons (Fsp3) is 0.531. The molecule has 42 heavy (non-hydrogen) atoms. The summed E-state index contributed by atoms with van der Waals surface area (Å²) in [5.74, 6) is -0.938. The summed E-state index contributed by atoms with van der Waals surface area (Å²) in [7, 11) is 0. The van der Waals surface area contributed by atoms with Crippen LogP contribution in [0, 0.1) is 24.0 Å². The second-order valence-corrected chi connectivity index (χ2v) is 13.0. The molecule has 1 aromatic carbocycles. The van der Waals surface area contributed by atoms with Gasteiger partial charge in [-0.3, -0.25) is 14.7 Å². The number of rotatable bonds is 3. The molecule has 6 heterocycles. The number of hydrogen-bond acceptors (Lipinski definition) is 7. The first-order chi connectivity index (χ1) is 20.1. The lowest BCUT2D eigenvalue weighted by Gasteiger charge is -2.40. The minimum atomic E-state index is -0.700. The van der Waals surface area contributed by atoms with Crippen molar-refractivity contribution in [1.82, 2.24) is 9.97 Å². The fourth-order valence-corrected chi connectivity index (χ4v) is 7.28. The maximum Gasteiger partial charge on any atom is 0.228 e. The Morgan fingerprint density at radius 1 is 1.10 bits per heavy atom. The summed E-state index contributed by atoms with van der Waals surface area (Å²) in [5, 5.41) is 3.85. The van der Waals surface area contributed by atoms with Gasteiger partial charge < -0.3 is 19.7 Å². The standard InChI is InChI=1S/C32H37F2N5O3/c1-19-27(28-22(34)12-20(33)13-23(28)37-30(19)39-18-31(2,3)5-4-26(39)40)25-15-32(6-9-42-25)17-36-24-14-21(16-35-29(24)32)38-7-10-41-11-8-38/h12-14,16,25,36H,4-11,15,17-18H2,1-3H3/t25-,32?/m1/s1. The Morgan fingerprint density at radius 3 is 2.71 bits per heavy atom. The lowest BCUT2D eigenvalue weighted by Crippen LogP contribution is -2.45. The zero-order valence-corrected chi connectivity index (χ0v) is 24.4. The predicted molar refractivity (Wildman–Crippen MR) is 157 cm³/mol. The van der Waals surface area contributed by atoms with Crippen molar-refractivity contribution in [2.75, 3.05) is 61.1 Å². The molecule has 222 valence electrons. The lowest BCUT2D eigenvalue weighted by molar-refractivity contribution is -0.121. The Bertz CT molecular complexity index is 1570. The van der Waals surface area contributed by atoms with Gasteiger partial charge in [-0.25, -0.2) is 13.8 Å². The number of nitrogens with zero attached hydrogens (tertiary/aromatic N) is 4. The smallest absolute Gasteiger partial charge is 0.228 e. The molecular formula is C32H37F2N5O3. The first-order valence-electron chi connectivity index (χ1n) is 14.9. The Balaban J connectivity index is 1.30. The molecule has 10 heteroatoms. The van der Waals surface area contributed by atoms with Crippen LogP contribution in [0.15, 0.2) is 24.4 Å². The van der Waals surface area contributed by atoms with E-state index in [1.165, 1.54) is 6.07 Å². The Kier molecular flexibility index (Phi) is 6.62. The molecule has 1 unspecified atom stereocenters. The predicted octanol–water partition coefficient (Wildman–Crippen LogP) is 5.42. The molecule has 8 nitrogen and oxygen atoms in total. The Hall–Kier alpha value is -3.37. The van der Waals surface area contributed by atoms with E-state index in [-0.39, 0.29) is 27.6 Å². The summed E-state index contributed by atoms with van der Waals surface area (Å²) in [4.78, 5) is 26.8. The summed E-state index contributed by atoms with van der Waals surface area (Å²) in [6.07, 6.45) is 4.00. The maximum atomic E-state index is 15.6. The van der Waals surface area contributed by atoms with Crippen molar-refractivity contribution in [3.63, 3.8) is 0 Å². The second-order valence-electron chi connectivity index (χ2n) is 13.0. The molecule has 2 atom stereocenters. The molecule has 0 bridgehead atoms. The minimum Gasteiger partial charge on any atom is -0.383 e. The second kappa shape index (κ2) is 10.1. The van der Waals surface area contributed by atoms with Gasteiger partial charge in [0.2, 0.25) is 5.91 Å². The third-order valence-corrected chi connectivity index (χ3v) is 9.59. The molecule has 0 radical (unpaired) electrons. The van der Waals surface area contributed by atoms with Crippen LogP contribution in [0.5, 0.6) is 0 Å². The highest BCUT2D eigenvalue weighted by Gasteiger charge is 2.46. The van der Waals surface area contributed by atoms with Crippen LogP contribution in [-0.2, 0) is 19.7 Å². The van der Waals surface area contributed by atoms with Crippen molar-refractivity contribution < 1.29 is 23.0 Å². The van der Waals surface area contributed by atoms with Crippen molar-refractivity contribution in [2.24, 2.45) is 5.41 Å². The molecule has 3 fully saturated rings. The molecule has 2 aromatic heterocycles. The van der Waals surface area contributed by atoms with Crippen LogP contribution in [0.3, 0.4) is 0 Å². The highest BCUT2D eigenvalue weighted by molar-refractivity contribution is 5.97. The lowest BCUT2D eigenvalue weighted by atomic mass is 9.74. The van der Waals surface area contributed by atoms with Crippen LogP contribution in [0.2, 0.25) is 0 Å². The zero-order chi connectivity index (χ0) is 29.2. The van der Waals surface area contributed by atoms with Crippen molar-refractivity contribution in [1.29, 1.82) is 0 Å². The van der Waals surface area contributed by atoms with Gasteiger partial charge in [-0.05, 0) is 48.8 Å². The number of carbonyl (C=O) groups excluding carboxylic acids is 1. The molecule has 1 spiro atoms. The van der Waals surface area contributed by atoms with Gasteiger partial charge in [-0.15, -0.1) is 0 Å². The van der Waals surface area contributed by atoms with Crippen LogP contribution < -0.4 is 15.1 Å². The molecule has 1 N–H and O–H groups in total. The molecular weight excluding hydrogens is 540 g/mol. The third kappa shape index (κ3) is 4.59. The van der Waals surface area contributed by atoms with Gasteiger partial charge in [0.05, 0.1) is 48.1 Å². The number of carbonyl (C=O) groups is 1. The van der Waals surface area contributed by atoms with Gasteiger partial charge in [0.25, 0.3) is 0 Å². The topological polar surface area (TPSA) is 79.8 Å². The van der Waals surface area contributed by atoms with Gasteiger partial charge in [-0.2, -0.15) is 0 Å². The number of hydrogen-bond donors (Lipinski definition) is 1. The number of amides is 1. The summed E-state index contributed by atoms with van der Waals surface area (Å²) < 4.78 is 42.0. The number of halogens is 2. The van der Waals surface area contributed by atoms with Gasteiger partial charge in [0.1, 0.15) is 17.5 Å². The van der Waals surface area contributed by atoms with Crippen LogP contribution in [0.4, 0.5) is 26.0 Å². The molecule has 1 amide bonds. The van der Waals surface area contributed by atoms with Gasteiger partial charge >= 0.3 is 0 Å². The van der Waals surface area contributed by atoms with E-state index in [0.717, 1.165) is 49.1 Å². The summed E-state index contributed by atoms with van der Waals surface area (Å²) in [6.45, 7) is 10.9. The van der Waals surface area contributed by atoms with E-state index >= 15 is 4.39 Å². The summed E-state index contributed by atoms with van der Waals surface area (Å²) >= 11 is 0. The number of piperidine rings is 1. The van der Waals surface area contributed by atoms with Crippen LogP contribution in [0.1, 0.15) is 62.5 Å². The van der Waals surface area contributed by atoms with Gasteiger partial charge in [-0.1, -0.05) is 13.8 Å². The number of anilines is 3. The summed E-state index contributed by atoms with van der Waals surface area (Å²) in [6, 6.07) is 4.33. The van der Waals surface area contributed by atoms with Crippen molar-refractivity contribution in [2.45, 2.75) is 58.0 Å². The molecule has 7 rings (SSSR count). The number of pyridine rings is 2. The highest BCUT2D eigenvalue weighted by Crippen LogP contribution is 2.50. The van der Waals surface area contributed by atoms with E-state index in [1.807, 2.05) is 13.1 Å². The average molecular weight is 578 g/mol. The van der Waals surface area contributed by atoms with Crippen LogP contribution in [-0.4, -0.2) is 61.9 Å². The maximum absolute atomic E-state index is 15.6. The number of aromatic nitrogens is 2. The van der Waals surface area contributed by atoms with Crippen LogP contribution >= 0.6 is 0 Å². The molecule has 0 saturated carbocycles. The first-order valence-corrected chi connectivity index (χ1v) is 14.9. The number of ether oxygens (including phenoxy) is 2. The third-order valence-electron chi connectivity index (χ3n) is 9.59. The van der Waals surface area contributed by atoms with E-state index in [9.17, 15) is 9.18 Å². The zero-order valence-electron chi connectivity index (χ0n) is 24.4. The SMILES string of the molecule is Cc1c(N2CC(C)(C)CCC2=O)nc2cc(F)cc(F)c2c1[C@H]1CC2(CCO1)CNc1cc(N3CCOCC3)cnc12. The van der Waals surface area contributed by atoms with E-state index in [2.05, 4.69) is 30.1 Å². The van der Waals surface area contributed by atoms with E-state index in [1.54, 1.807) is 4.90 Å². The summed E-state index contributed by atoms with van der Waals surface area (Å²) in [5.41, 5.74) is 4.23. The Morgan fingerprint density at radius 2 is 1.90 bits per heavy atom. The minimum absolute atomic E-state index is 0.0256. The monoisotopic (exact) mass is 577 g/mol. The number of morpholine rings is 1. The van der Waals surface area contributed by atoms with E-state index in [0.29, 0.717) is 62.7 Å². The fourth-order valence-electron chi connectivity index (χ4n) is 7.28. The van der Waals surface area contributed by atoms with Gasteiger partial charge in [0, 0.05) is 62.1 Å². The molecule has 4 aliphatic heterocycles. The molecule has 3 saturated heterocycles. The van der Waals surface area contributed by atoms with Crippen LogP contribution in [0.25, 0.3) is 10.9 Å². The largest absolute Gasteiger partial charge is 0.383 e. The van der Waals surface area contributed by atoms with Crippen molar-refractivity contribution in [3.05, 3.63) is 52.9 Å². The molecule has 4 aliphatic rings. The average Bonchev–Trinajstić information content (AvgIpc) is 3.31. The van der Waals surface area contributed by atoms with Crippen molar-refractivity contribution in [3.8, 4) is 0 Å². The first kappa shape index (κ1) is 27.5. The Labute approximate surface area is 244 Å². The quantitative estimate of drug-likeness (QED) is 0.445. The molecule has 3 aromatic rings. The highest BCUT2D eigenvalue weighted by atomic mass is 19.1. The van der Waals surface area contributed by atoms with Crippen molar-refractivity contribution >= 4 is 34.0 Å². The van der Waals surface area contributed by atoms with E-state index < -0.39 is 17.7 Å². The normalized spacial score (nSPS) is 25.6. The van der Waals surface area contributed by atoms with E-state index in [4.69, 9.17) is 19.4 Å². The number of benzene rings is 1.